The van der Waals surface area contributed by atoms with E-state index in [4.69, 9.17) is 13.6 Å². The molecule has 0 aromatic heterocycles. The first kappa shape index (κ1) is 15.0. The molecule has 0 amide bonds. The normalized spacial score (nSPS) is 12.5. The predicted octanol–water partition coefficient (Wildman–Crippen LogP) is 4.25. The number of hydrogen-bond donors (Lipinski definition) is 0. The zero-order valence-corrected chi connectivity index (χ0v) is 11.9. The van der Waals surface area contributed by atoms with Crippen molar-refractivity contribution in [2.75, 3.05) is 13.2 Å². The topological polar surface area (TPSA) is 44.8 Å². The molecule has 0 heterocycles. The molecule has 0 atom stereocenters. The van der Waals surface area contributed by atoms with Gasteiger partial charge in [0.15, 0.2) is 0 Å². The Kier molecular flexibility index (Phi) is 6.13. The lowest BCUT2D eigenvalue weighted by atomic mass is 10.2. The van der Waals surface area contributed by atoms with E-state index in [-0.39, 0.29) is 13.2 Å². The standard InChI is InChI=1S/C13H19O4P/c1-4-13(12-10-8-7-9-11-12)17-18(14,15-5-2)16-6-3/h4,7-11H,5-6H2,1-3H3/b13-4+. The first-order valence-corrected chi connectivity index (χ1v) is 7.41. The average Bonchev–Trinajstić information content (AvgIpc) is 2.38. The van der Waals surface area contributed by atoms with Crippen molar-refractivity contribution in [1.29, 1.82) is 0 Å². The fourth-order valence-corrected chi connectivity index (χ4v) is 2.67. The summed E-state index contributed by atoms with van der Waals surface area (Å²) < 4.78 is 27.9. The number of phosphoric ester groups is 1. The maximum absolute atomic E-state index is 12.2. The number of benzene rings is 1. The molecule has 1 aromatic rings. The zero-order valence-electron chi connectivity index (χ0n) is 11.0. The van der Waals surface area contributed by atoms with Gasteiger partial charge in [-0.3, -0.25) is 9.05 Å². The van der Waals surface area contributed by atoms with Gasteiger partial charge in [0, 0.05) is 5.56 Å². The monoisotopic (exact) mass is 270 g/mol. The SMILES string of the molecule is C/C=C(/OP(=O)(OCC)OCC)c1ccccc1. The van der Waals surface area contributed by atoms with E-state index in [0.29, 0.717) is 5.76 Å². The zero-order chi connectivity index (χ0) is 13.4. The summed E-state index contributed by atoms with van der Waals surface area (Å²) >= 11 is 0. The highest BCUT2D eigenvalue weighted by Gasteiger charge is 2.28. The third-order valence-corrected chi connectivity index (χ3v) is 3.67. The van der Waals surface area contributed by atoms with Crippen molar-refractivity contribution in [2.24, 2.45) is 0 Å². The third-order valence-electron chi connectivity index (χ3n) is 2.11. The minimum Gasteiger partial charge on any atom is -0.404 e. The maximum atomic E-state index is 12.2. The van der Waals surface area contributed by atoms with Gasteiger partial charge in [-0.2, -0.15) is 0 Å². The first-order valence-electron chi connectivity index (χ1n) is 5.95. The smallest absolute Gasteiger partial charge is 0.404 e. The molecule has 18 heavy (non-hydrogen) atoms. The molecule has 0 saturated heterocycles. The lowest BCUT2D eigenvalue weighted by molar-refractivity contribution is 0.159. The highest BCUT2D eigenvalue weighted by molar-refractivity contribution is 7.48. The Bertz CT molecular complexity index is 418. The summed E-state index contributed by atoms with van der Waals surface area (Å²) in [5.41, 5.74) is 0.833. The lowest BCUT2D eigenvalue weighted by Crippen LogP contribution is -2.00. The van der Waals surface area contributed by atoms with Gasteiger partial charge in [-0.25, -0.2) is 4.57 Å². The van der Waals surface area contributed by atoms with E-state index in [1.165, 1.54) is 0 Å². The van der Waals surface area contributed by atoms with E-state index in [0.717, 1.165) is 5.56 Å². The van der Waals surface area contributed by atoms with E-state index >= 15 is 0 Å². The van der Waals surface area contributed by atoms with Crippen molar-refractivity contribution in [1.82, 2.24) is 0 Å². The summed E-state index contributed by atoms with van der Waals surface area (Å²) in [5, 5.41) is 0. The van der Waals surface area contributed by atoms with Crippen molar-refractivity contribution in [3.8, 4) is 0 Å². The van der Waals surface area contributed by atoms with Gasteiger partial charge in [-0.05, 0) is 26.8 Å². The molecule has 0 spiro atoms. The molecule has 0 fully saturated rings. The van der Waals surface area contributed by atoms with Gasteiger partial charge in [0.05, 0.1) is 13.2 Å². The molecule has 1 aromatic carbocycles. The van der Waals surface area contributed by atoms with E-state index in [2.05, 4.69) is 0 Å². The Morgan fingerprint density at radius 2 is 1.72 bits per heavy atom. The van der Waals surface area contributed by atoms with E-state index in [1.807, 2.05) is 37.3 Å². The summed E-state index contributed by atoms with van der Waals surface area (Å²) in [6.45, 7) is 5.83. The number of phosphoric acid groups is 1. The first-order chi connectivity index (χ1) is 8.65. The van der Waals surface area contributed by atoms with Crippen molar-refractivity contribution < 1.29 is 18.1 Å². The van der Waals surface area contributed by atoms with Crippen LogP contribution in [0, 0.1) is 0 Å². The van der Waals surface area contributed by atoms with Gasteiger partial charge in [0.1, 0.15) is 5.76 Å². The summed E-state index contributed by atoms with van der Waals surface area (Å²) in [4.78, 5) is 0. The van der Waals surface area contributed by atoms with Gasteiger partial charge in [0.2, 0.25) is 0 Å². The van der Waals surface area contributed by atoms with Crippen LogP contribution in [0.3, 0.4) is 0 Å². The molecule has 100 valence electrons. The van der Waals surface area contributed by atoms with Crippen LogP contribution in [0.15, 0.2) is 36.4 Å². The summed E-state index contributed by atoms with van der Waals surface area (Å²) in [7, 11) is -3.53. The molecular weight excluding hydrogens is 251 g/mol. The van der Waals surface area contributed by atoms with Crippen LogP contribution in [-0.4, -0.2) is 13.2 Å². The largest absolute Gasteiger partial charge is 0.530 e. The number of rotatable bonds is 7. The minimum absolute atomic E-state index is 0.267. The second-order valence-electron chi connectivity index (χ2n) is 3.39. The van der Waals surface area contributed by atoms with E-state index < -0.39 is 7.82 Å². The molecule has 0 unspecified atom stereocenters. The molecule has 1 rings (SSSR count). The highest BCUT2D eigenvalue weighted by Crippen LogP contribution is 2.52. The van der Waals surface area contributed by atoms with Gasteiger partial charge in [0.25, 0.3) is 0 Å². The van der Waals surface area contributed by atoms with Crippen LogP contribution in [0.5, 0.6) is 0 Å². The predicted molar refractivity (Wildman–Crippen MR) is 72.0 cm³/mol. The number of allylic oxidation sites excluding steroid dienone is 1. The maximum Gasteiger partial charge on any atom is 0.530 e. The second-order valence-corrected chi connectivity index (χ2v) is 4.99. The Morgan fingerprint density at radius 1 is 1.17 bits per heavy atom. The van der Waals surface area contributed by atoms with Crippen molar-refractivity contribution >= 4 is 13.6 Å². The fraction of sp³-hybridized carbons (Fsp3) is 0.385. The van der Waals surface area contributed by atoms with Crippen LogP contribution < -0.4 is 0 Å². The van der Waals surface area contributed by atoms with Crippen LogP contribution in [-0.2, 0) is 18.1 Å². The van der Waals surface area contributed by atoms with Crippen LogP contribution in [0.2, 0.25) is 0 Å². The van der Waals surface area contributed by atoms with Crippen molar-refractivity contribution in [2.45, 2.75) is 20.8 Å². The van der Waals surface area contributed by atoms with Crippen LogP contribution in [0.25, 0.3) is 5.76 Å². The molecule has 0 bridgehead atoms. The summed E-state index contributed by atoms with van der Waals surface area (Å²) in [6.07, 6.45) is 1.74. The molecular formula is C13H19O4P. The Morgan fingerprint density at radius 3 is 2.17 bits per heavy atom. The number of hydrogen-bond acceptors (Lipinski definition) is 4. The molecule has 0 saturated carbocycles. The quantitative estimate of drug-likeness (QED) is 0.549. The second kappa shape index (κ2) is 7.37. The van der Waals surface area contributed by atoms with Crippen LogP contribution >= 0.6 is 7.82 Å². The van der Waals surface area contributed by atoms with E-state index in [1.54, 1.807) is 19.9 Å². The molecule has 0 aliphatic rings. The fourth-order valence-electron chi connectivity index (χ4n) is 1.40. The Hall–Kier alpha value is -1.09. The minimum atomic E-state index is -3.53. The van der Waals surface area contributed by atoms with Gasteiger partial charge in [-0.1, -0.05) is 30.3 Å². The van der Waals surface area contributed by atoms with Gasteiger partial charge < -0.3 is 4.52 Å². The van der Waals surface area contributed by atoms with Gasteiger partial charge in [-0.15, -0.1) is 0 Å². The summed E-state index contributed by atoms with van der Waals surface area (Å²) in [5.74, 6) is 0.487. The van der Waals surface area contributed by atoms with Crippen molar-refractivity contribution in [3.05, 3.63) is 42.0 Å². The molecule has 0 aliphatic carbocycles. The Balaban J connectivity index is 2.88. The Labute approximate surface area is 108 Å². The molecule has 0 radical (unpaired) electrons. The lowest BCUT2D eigenvalue weighted by Gasteiger charge is -2.19. The average molecular weight is 270 g/mol. The van der Waals surface area contributed by atoms with Crippen LogP contribution in [0.1, 0.15) is 26.3 Å². The van der Waals surface area contributed by atoms with Crippen LogP contribution in [0.4, 0.5) is 0 Å². The van der Waals surface area contributed by atoms with E-state index in [9.17, 15) is 4.57 Å². The summed E-state index contributed by atoms with van der Waals surface area (Å²) in [6, 6.07) is 9.42. The molecule has 4 nitrogen and oxygen atoms in total. The molecule has 0 N–H and O–H groups in total. The third kappa shape index (κ3) is 4.30. The van der Waals surface area contributed by atoms with Crippen molar-refractivity contribution in [3.63, 3.8) is 0 Å². The molecule has 5 heteroatoms. The molecule has 0 aliphatic heterocycles. The highest BCUT2D eigenvalue weighted by atomic mass is 31.2. The van der Waals surface area contributed by atoms with Gasteiger partial charge >= 0.3 is 7.82 Å².